The molecule has 116 valence electrons. The van der Waals surface area contributed by atoms with Gasteiger partial charge in [-0.2, -0.15) is 13.2 Å². The fourth-order valence-electron chi connectivity index (χ4n) is 1.75. The lowest BCUT2D eigenvalue weighted by Crippen LogP contribution is -2.20. The predicted octanol–water partition coefficient (Wildman–Crippen LogP) is 2.91. The van der Waals surface area contributed by atoms with Gasteiger partial charge in [-0.1, -0.05) is 12.1 Å². The standard InChI is InChI=1S/C14H11F3N2O3/c1-21-13-18-5-10(6-19-13)11-4-2-3-9(7-20)12(11)22-8-14(15,16)17/h2-7H,8H2,1H3. The lowest BCUT2D eigenvalue weighted by Gasteiger charge is -2.14. The Kier molecular flexibility index (Phi) is 4.59. The van der Waals surface area contributed by atoms with Crippen LogP contribution < -0.4 is 9.47 Å². The summed E-state index contributed by atoms with van der Waals surface area (Å²) in [6, 6.07) is 4.54. The van der Waals surface area contributed by atoms with Crippen LogP contribution in [-0.2, 0) is 0 Å². The van der Waals surface area contributed by atoms with Crippen molar-refractivity contribution in [2.75, 3.05) is 13.7 Å². The molecule has 0 radical (unpaired) electrons. The quantitative estimate of drug-likeness (QED) is 0.794. The van der Waals surface area contributed by atoms with Crippen molar-refractivity contribution < 1.29 is 27.4 Å². The second kappa shape index (κ2) is 6.42. The summed E-state index contributed by atoms with van der Waals surface area (Å²) in [7, 11) is 1.39. The van der Waals surface area contributed by atoms with Crippen LogP contribution in [0.15, 0.2) is 30.6 Å². The van der Waals surface area contributed by atoms with Gasteiger partial charge in [0.25, 0.3) is 0 Å². The Bertz CT molecular complexity index is 657. The second-order valence-electron chi connectivity index (χ2n) is 4.20. The van der Waals surface area contributed by atoms with Gasteiger partial charge in [0.05, 0.1) is 12.7 Å². The van der Waals surface area contributed by atoms with E-state index in [1.54, 1.807) is 0 Å². The Morgan fingerprint density at radius 3 is 2.45 bits per heavy atom. The third-order valence-electron chi connectivity index (χ3n) is 2.67. The number of carbonyl (C=O) groups is 1. The van der Waals surface area contributed by atoms with Crippen LogP contribution in [-0.4, -0.2) is 36.1 Å². The lowest BCUT2D eigenvalue weighted by atomic mass is 10.0. The minimum absolute atomic E-state index is 0.0116. The molecule has 2 aromatic rings. The van der Waals surface area contributed by atoms with Gasteiger partial charge in [-0.3, -0.25) is 4.79 Å². The first-order valence-corrected chi connectivity index (χ1v) is 6.09. The Morgan fingerprint density at radius 2 is 1.91 bits per heavy atom. The zero-order valence-corrected chi connectivity index (χ0v) is 11.4. The van der Waals surface area contributed by atoms with Gasteiger partial charge in [0.2, 0.25) is 0 Å². The molecule has 2 rings (SSSR count). The molecule has 1 aromatic carbocycles. The zero-order valence-electron chi connectivity index (χ0n) is 11.4. The van der Waals surface area contributed by atoms with Gasteiger partial charge in [-0.15, -0.1) is 0 Å². The molecule has 1 heterocycles. The molecule has 0 aliphatic heterocycles. The fraction of sp³-hybridized carbons (Fsp3) is 0.214. The van der Waals surface area contributed by atoms with E-state index in [1.807, 2.05) is 0 Å². The first-order chi connectivity index (χ1) is 10.4. The van der Waals surface area contributed by atoms with Crippen LogP contribution >= 0.6 is 0 Å². The number of halogens is 3. The molecule has 0 atom stereocenters. The van der Waals surface area contributed by atoms with E-state index in [2.05, 4.69) is 9.97 Å². The minimum atomic E-state index is -4.51. The molecule has 0 saturated carbocycles. The molecule has 8 heteroatoms. The largest absolute Gasteiger partial charge is 0.483 e. The summed E-state index contributed by atoms with van der Waals surface area (Å²) in [4.78, 5) is 18.8. The first kappa shape index (κ1) is 15.7. The number of para-hydroxylation sites is 1. The number of hydrogen-bond donors (Lipinski definition) is 0. The number of carbonyl (C=O) groups excluding carboxylic acids is 1. The van der Waals surface area contributed by atoms with Crippen molar-refractivity contribution in [2.45, 2.75) is 6.18 Å². The van der Waals surface area contributed by atoms with Gasteiger partial charge in [-0.05, 0) is 6.07 Å². The van der Waals surface area contributed by atoms with E-state index in [0.717, 1.165) is 0 Å². The molecule has 0 fully saturated rings. The highest BCUT2D eigenvalue weighted by Crippen LogP contribution is 2.33. The number of ether oxygens (including phenoxy) is 2. The third kappa shape index (κ3) is 3.72. The van der Waals surface area contributed by atoms with E-state index in [-0.39, 0.29) is 22.9 Å². The first-order valence-electron chi connectivity index (χ1n) is 6.09. The summed E-state index contributed by atoms with van der Waals surface area (Å²) < 4.78 is 46.7. The Hall–Kier alpha value is -2.64. The van der Waals surface area contributed by atoms with Crippen LogP contribution in [0.1, 0.15) is 10.4 Å². The summed E-state index contributed by atoms with van der Waals surface area (Å²) >= 11 is 0. The number of rotatable bonds is 5. The highest BCUT2D eigenvalue weighted by molar-refractivity contribution is 5.85. The highest BCUT2D eigenvalue weighted by Gasteiger charge is 2.29. The van der Waals surface area contributed by atoms with Crippen LogP contribution in [0.3, 0.4) is 0 Å². The summed E-state index contributed by atoms with van der Waals surface area (Å²) in [5.41, 5.74) is 0.704. The number of aromatic nitrogens is 2. The topological polar surface area (TPSA) is 61.3 Å². The van der Waals surface area contributed by atoms with Crippen molar-refractivity contribution in [1.29, 1.82) is 0 Å². The summed E-state index contributed by atoms with van der Waals surface area (Å²) in [5, 5.41) is 0. The molecule has 5 nitrogen and oxygen atoms in total. The number of nitrogens with zero attached hydrogens (tertiary/aromatic N) is 2. The minimum Gasteiger partial charge on any atom is -0.483 e. The second-order valence-corrected chi connectivity index (χ2v) is 4.20. The normalized spacial score (nSPS) is 11.1. The average Bonchev–Trinajstić information content (AvgIpc) is 2.52. The Balaban J connectivity index is 2.42. The molecular weight excluding hydrogens is 301 g/mol. The fourth-order valence-corrected chi connectivity index (χ4v) is 1.75. The van der Waals surface area contributed by atoms with Crippen LogP contribution in [0, 0.1) is 0 Å². The van der Waals surface area contributed by atoms with E-state index in [1.165, 1.54) is 37.7 Å². The summed E-state index contributed by atoms with van der Waals surface area (Å²) in [5.74, 6) is -0.163. The van der Waals surface area contributed by atoms with E-state index in [4.69, 9.17) is 9.47 Å². The molecule has 1 aromatic heterocycles. The number of benzene rings is 1. The third-order valence-corrected chi connectivity index (χ3v) is 2.67. The molecule has 22 heavy (non-hydrogen) atoms. The van der Waals surface area contributed by atoms with Crippen LogP contribution in [0.25, 0.3) is 11.1 Å². The molecule has 0 N–H and O–H groups in total. The van der Waals surface area contributed by atoms with Gasteiger partial charge < -0.3 is 9.47 Å². The molecule has 0 spiro atoms. The van der Waals surface area contributed by atoms with Gasteiger partial charge in [0.15, 0.2) is 12.9 Å². The SMILES string of the molecule is COc1ncc(-c2cccc(C=O)c2OCC(F)(F)F)cn1. The molecule has 0 saturated heterocycles. The number of alkyl halides is 3. The van der Waals surface area contributed by atoms with E-state index in [0.29, 0.717) is 11.8 Å². The van der Waals surface area contributed by atoms with Crippen LogP contribution in [0.5, 0.6) is 11.8 Å². The lowest BCUT2D eigenvalue weighted by molar-refractivity contribution is -0.153. The molecular formula is C14H11F3N2O3. The van der Waals surface area contributed by atoms with Crippen molar-refractivity contribution in [3.63, 3.8) is 0 Å². The zero-order chi connectivity index (χ0) is 16.2. The number of aldehydes is 1. The van der Waals surface area contributed by atoms with E-state index in [9.17, 15) is 18.0 Å². The predicted molar refractivity (Wildman–Crippen MR) is 71.0 cm³/mol. The number of methoxy groups -OCH3 is 1. The maximum atomic E-state index is 12.4. The van der Waals surface area contributed by atoms with Gasteiger partial charge in [0, 0.05) is 23.5 Å². The van der Waals surface area contributed by atoms with Crippen molar-refractivity contribution in [3.8, 4) is 22.9 Å². The molecule has 0 aliphatic rings. The maximum Gasteiger partial charge on any atom is 0.422 e. The van der Waals surface area contributed by atoms with Crippen molar-refractivity contribution in [1.82, 2.24) is 9.97 Å². The molecule has 0 amide bonds. The summed E-state index contributed by atoms with van der Waals surface area (Å²) in [6.45, 7) is -1.50. The average molecular weight is 312 g/mol. The van der Waals surface area contributed by atoms with Crippen molar-refractivity contribution in [2.24, 2.45) is 0 Å². The van der Waals surface area contributed by atoms with Gasteiger partial charge >= 0.3 is 12.2 Å². The monoisotopic (exact) mass is 312 g/mol. The van der Waals surface area contributed by atoms with Crippen molar-refractivity contribution in [3.05, 3.63) is 36.2 Å². The Labute approximate surface area is 123 Å². The highest BCUT2D eigenvalue weighted by atomic mass is 19.4. The smallest absolute Gasteiger partial charge is 0.422 e. The molecule has 0 aliphatic carbocycles. The van der Waals surface area contributed by atoms with Crippen LogP contribution in [0.2, 0.25) is 0 Å². The number of hydrogen-bond acceptors (Lipinski definition) is 5. The molecule has 0 bridgehead atoms. The molecule has 0 unspecified atom stereocenters. The van der Waals surface area contributed by atoms with Crippen LogP contribution in [0.4, 0.5) is 13.2 Å². The van der Waals surface area contributed by atoms with E-state index >= 15 is 0 Å². The Morgan fingerprint density at radius 1 is 1.23 bits per heavy atom. The van der Waals surface area contributed by atoms with E-state index < -0.39 is 12.8 Å². The van der Waals surface area contributed by atoms with Crippen molar-refractivity contribution >= 4 is 6.29 Å². The van der Waals surface area contributed by atoms with Gasteiger partial charge in [0.1, 0.15) is 5.75 Å². The van der Waals surface area contributed by atoms with Gasteiger partial charge in [-0.25, -0.2) is 9.97 Å². The summed E-state index contributed by atoms with van der Waals surface area (Å²) in [6.07, 6.45) is -1.34. The maximum absolute atomic E-state index is 12.4.